The number of rotatable bonds is 4. The molecule has 0 saturated heterocycles. The summed E-state index contributed by atoms with van der Waals surface area (Å²) in [5, 5.41) is 3.33. The summed E-state index contributed by atoms with van der Waals surface area (Å²) in [4.78, 5) is 9.63. The van der Waals surface area contributed by atoms with E-state index in [9.17, 15) is 0 Å². The van der Waals surface area contributed by atoms with Gasteiger partial charge in [-0.2, -0.15) is 0 Å². The van der Waals surface area contributed by atoms with Crippen LogP contribution in [0.25, 0.3) is 0 Å². The summed E-state index contributed by atoms with van der Waals surface area (Å²) in [6, 6.07) is 2.07. The molecule has 0 aliphatic heterocycles. The van der Waals surface area contributed by atoms with Gasteiger partial charge in [0.2, 0.25) is 0 Å². The van der Waals surface area contributed by atoms with Gasteiger partial charge in [-0.25, -0.2) is 9.97 Å². The smallest absolute Gasteiger partial charge is 0.162 e. The molecule has 1 fully saturated rings. The fourth-order valence-electron chi connectivity index (χ4n) is 2.95. The molecule has 4 heteroatoms. The summed E-state index contributed by atoms with van der Waals surface area (Å²) in [7, 11) is 1.80. The maximum absolute atomic E-state index is 5.91. The van der Waals surface area contributed by atoms with Crippen LogP contribution in [0.5, 0.6) is 0 Å². The van der Waals surface area contributed by atoms with Gasteiger partial charge < -0.3 is 10.1 Å². The van der Waals surface area contributed by atoms with Crippen molar-refractivity contribution < 1.29 is 4.74 Å². The van der Waals surface area contributed by atoms with Crippen LogP contribution >= 0.6 is 0 Å². The predicted octanol–water partition coefficient (Wildman–Crippen LogP) is 4.01. The topological polar surface area (TPSA) is 47.0 Å². The van der Waals surface area contributed by atoms with Gasteiger partial charge >= 0.3 is 0 Å². The van der Waals surface area contributed by atoms with Crippen molar-refractivity contribution in [3.63, 3.8) is 0 Å². The van der Waals surface area contributed by atoms with Crippen LogP contribution in [-0.4, -0.2) is 23.6 Å². The molecule has 1 saturated carbocycles. The quantitative estimate of drug-likeness (QED) is 0.910. The summed E-state index contributed by atoms with van der Waals surface area (Å²) in [6.07, 6.45) is 5.69. The minimum atomic E-state index is -0.302. The molecule has 4 nitrogen and oxygen atoms in total. The molecule has 0 spiro atoms. The third kappa shape index (κ3) is 3.54. The largest absolute Gasteiger partial charge is 0.370 e. The Bertz CT molecular complexity index is 473. The lowest BCUT2D eigenvalue weighted by molar-refractivity contribution is -0.0516. The number of anilines is 1. The highest BCUT2D eigenvalue weighted by Gasteiger charge is 2.37. The predicted molar refractivity (Wildman–Crippen MR) is 86.7 cm³/mol. The van der Waals surface area contributed by atoms with Gasteiger partial charge in [-0.05, 0) is 19.8 Å². The fourth-order valence-corrected chi connectivity index (χ4v) is 2.95. The van der Waals surface area contributed by atoms with Crippen LogP contribution in [0.1, 0.15) is 71.3 Å². The Morgan fingerprint density at radius 2 is 1.86 bits per heavy atom. The Balaban J connectivity index is 2.48. The van der Waals surface area contributed by atoms with Crippen molar-refractivity contribution in [2.45, 2.75) is 70.8 Å². The van der Waals surface area contributed by atoms with Crippen molar-refractivity contribution in [2.24, 2.45) is 0 Å². The Morgan fingerprint density at radius 3 is 2.38 bits per heavy atom. The lowest BCUT2D eigenvalue weighted by Gasteiger charge is -2.35. The SMILES string of the molecule is CCNc1cc(C(C)(C)C)nc(C2(OC)CCCCC2)n1. The second-order valence-corrected chi connectivity index (χ2v) is 7.00. The van der Waals surface area contributed by atoms with E-state index in [1.54, 1.807) is 7.11 Å². The average Bonchev–Trinajstić information content (AvgIpc) is 2.47. The van der Waals surface area contributed by atoms with E-state index in [1.807, 2.05) is 0 Å². The van der Waals surface area contributed by atoms with Gasteiger partial charge in [0.1, 0.15) is 11.4 Å². The monoisotopic (exact) mass is 291 g/mol. The third-order valence-corrected chi connectivity index (χ3v) is 4.31. The van der Waals surface area contributed by atoms with Crippen molar-refractivity contribution in [2.75, 3.05) is 19.0 Å². The molecule has 0 aromatic carbocycles. The highest BCUT2D eigenvalue weighted by Crippen LogP contribution is 2.39. The van der Waals surface area contributed by atoms with E-state index in [-0.39, 0.29) is 11.0 Å². The second-order valence-electron chi connectivity index (χ2n) is 7.00. The molecular weight excluding hydrogens is 262 g/mol. The molecule has 0 bridgehead atoms. The maximum Gasteiger partial charge on any atom is 0.162 e. The second kappa shape index (κ2) is 6.30. The van der Waals surface area contributed by atoms with Crippen LogP contribution in [0, 0.1) is 0 Å². The molecule has 118 valence electrons. The molecule has 1 aromatic rings. The molecule has 2 rings (SSSR count). The zero-order valence-corrected chi connectivity index (χ0v) is 14.1. The fraction of sp³-hybridized carbons (Fsp3) is 0.765. The van der Waals surface area contributed by atoms with E-state index in [1.165, 1.54) is 19.3 Å². The van der Waals surface area contributed by atoms with Crippen LogP contribution in [0.4, 0.5) is 5.82 Å². The van der Waals surface area contributed by atoms with E-state index in [0.717, 1.165) is 36.7 Å². The van der Waals surface area contributed by atoms with E-state index in [0.29, 0.717) is 0 Å². The van der Waals surface area contributed by atoms with Gasteiger partial charge in [0.25, 0.3) is 0 Å². The van der Waals surface area contributed by atoms with Crippen LogP contribution in [-0.2, 0) is 15.8 Å². The highest BCUT2D eigenvalue weighted by molar-refractivity contribution is 5.38. The van der Waals surface area contributed by atoms with Crippen molar-refractivity contribution >= 4 is 5.82 Å². The van der Waals surface area contributed by atoms with E-state index < -0.39 is 0 Å². The Kier molecular flexibility index (Phi) is 4.87. The van der Waals surface area contributed by atoms with Gasteiger partial charge in [0.05, 0.1) is 5.69 Å². The molecule has 1 aromatic heterocycles. The number of hydrogen-bond donors (Lipinski definition) is 1. The molecule has 0 atom stereocenters. The standard InChI is InChI=1S/C17H29N3O/c1-6-18-14-12-13(16(2,3)4)19-15(20-14)17(21-5)10-8-7-9-11-17/h12H,6-11H2,1-5H3,(H,18,19,20). The van der Waals surface area contributed by atoms with Crippen LogP contribution in [0.2, 0.25) is 0 Å². The molecular formula is C17H29N3O. The highest BCUT2D eigenvalue weighted by atomic mass is 16.5. The first-order valence-corrected chi connectivity index (χ1v) is 8.10. The maximum atomic E-state index is 5.91. The average molecular weight is 291 g/mol. The summed E-state index contributed by atoms with van der Waals surface area (Å²) in [5.41, 5.74) is 0.778. The van der Waals surface area contributed by atoms with Crippen molar-refractivity contribution in [3.05, 3.63) is 17.6 Å². The van der Waals surface area contributed by atoms with Crippen molar-refractivity contribution in [1.82, 2.24) is 9.97 Å². The van der Waals surface area contributed by atoms with E-state index in [4.69, 9.17) is 14.7 Å². The first-order valence-electron chi connectivity index (χ1n) is 8.10. The zero-order valence-electron chi connectivity index (χ0n) is 14.1. The zero-order chi connectivity index (χ0) is 15.5. The molecule has 0 unspecified atom stereocenters. The summed E-state index contributed by atoms with van der Waals surface area (Å²) < 4.78 is 5.91. The molecule has 0 amide bonds. The minimum absolute atomic E-state index is 0.00542. The van der Waals surface area contributed by atoms with E-state index in [2.05, 4.69) is 39.1 Å². The molecule has 0 radical (unpaired) electrons. The molecule has 1 N–H and O–H groups in total. The van der Waals surface area contributed by atoms with Gasteiger partial charge in [-0.1, -0.05) is 40.0 Å². The molecule has 1 aliphatic carbocycles. The molecule has 21 heavy (non-hydrogen) atoms. The Labute approximate surface area is 128 Å². The summed E-state index contributed by atoms with van der Waals surface area (Å²) in [5.74, 6) is 1.77. The number of methoxy groups -OCH3 is 1. The molecule has 1 heterocycles. The lowest BCUT2D eigenvalue weighted by atomic mass is 9.83. The normalized spacial score (nSPS) is 18.5. The number of hydrogen-bond acceptors (Lipinski definition) is 4. The van der Waals surface area contributed by atoms with Gasteiger partial charge in [0, 0.05) is 25.1 Å². The first kappa shape index (κ1) is 16.2. The Morgan fingerprint density at radius 1 is 1.19 bits per heavy atom. The number of aromatic nitrogens is 2. The van der Waals surface area contributed by atoms with Crippen LogP contribution in [0.3, 0.4) is 0 Å². The number of nitrogens with one attached hydrogen (secondary N) is 1. The van der Waals surface area contributed by atoms with E-state index >= 15 is 0 Å². The number of ether oxygens (including phenoxy) is 1. The minimum Gasteiger partial charge on any atom is -0.370 e. The van der Waals surface area contributed by atoms with Gasteiger partial charge in [-0.3, -0.25) is 0 Å². The van der Waals surface area contributed by atoms with Crippen molar-refractivity contribution in [3.8, 4) is 0 Å². The molecule has 1 aliphatic rings. The van der Waals surface area contributed by atoms with Crippen molar-refractivity contribution in [1.29, 1.82) is 0 Å². The summed E-state index contributed by atoms with van der Waals surface area (Å²) in [6.45, 7) is 9.52. The Hall–Kier alpha value is -1.16. The van der Waals surface area contributed by atoms with Crippen LogP contribution in [0.15, 0.2) is 6.07 Å². The third-order valence-electron chi connectivity index (χ3n) is 4.31. The lowest BCUT2D eigenvalue weighted by Crippen LogP contribution is -2.34. The van der Waals surface area contributed by atoms with Gasteiger partial charge in [-0.15, -0.1) is 0 Å². The first-order chi connectivity index (χ1) is 9.91. The number of nitrogens with zero attached hydrogens (tertiary/aromatic N) is 2. The summed E-state index contributed by atoms with van der Waals surface area (Å²) >= 11 is 0. The van der Waals surface area contributed by atoms with Gasteiger partial charge in [0.15, 0.2) is 5.82 Å². The van der Waals surface area contributed by atoms with Crippen LogP contribution < -0.4 is 5.32 Å².